The number of amides is 3. The minimum Gasteiger partial charge on any atom is -0.483 e. The van der Waals surface area contributed by atoms with Gasteiger partial charge in [-0.2, -0.15) is 0 Å². The number of anilines is 1. The fourth-order valence-electron chi connectivity index (χ4n) is 1.71. The van der Waals surface area contributed by atoms with Crippen molar-refractivity contribution in [3.63, 3.8) is 0 Å². The maximum atomic E-state index is 11.7. The third kappa shape index (κ3) is 5.23. The van der Waals surface area contributed by atoms with E-state index in [9.17, 15) is 14.4 Å². The molecule has 0 saturated carbocycles. The fraction of sp³-hybridized carbons (Fsp3) is 0.0625. The van der Waals surface area contributed by atoms with E-state index in [1.54, 1.807) is 48.5 Å². The van der Waals surface area contributed by atoms with Gasteiger partial charge in [0.15, 0.2) is 12.9 Å². The number of hydrogen-bond donors (Lipinski definition) is 2. The number of halogens is 1. The summed E-state index contributed by atoms with van der Waals surface area (Å²) in [5.74, 6) is -0.341. The van der Waals surface area contributed by atoms with Crippen LogP contribution in [0.15, 0.2) is 53.0 Å². The Labute approximate surface area is 141 Å². The van der Waals surface area contributed by atoms with Gasteiger partial charge < -0.3 is 10.1 Å². The number of urea groups is 1. The van der Waals surface area contributed by atoms with Crippen LogP contribution in [0.3, 0.4) is 0 Å². The molecular formula is C16H13BrN2O4. The van der Waals surface area contributed by atoms with E-state index in [0.29, 0.717) is 17.5 Å². The van der Waals surface area contributed by atoms with Crippen molar-refractivity contribution < 1.29 is 19.1 Å². The molecule has 0 bridgehead atoms. The van der Waals surface area contributed by atoms with Gasteiger partial charge in [-0.1, -0.05) is 28.1 Å². The Balaban J connectivity index is 1.83. The Morgan fingerprint density at radius 3 is 2.48 bits per heavy atom. The molecule has 0 heterocycles. The van der Waals surface area contributed by atoms with Crippen molar-refractivity contribution in [1.29, 1.82) is 0 Å². The number of ether oxygens (including phenoxy) is 1. The smallest absolute Gasteiger partial charge is 0.325 e. The molecule has 0 aliphatic rings. The first-order valence-corrected chi connectivity index (χ1v) is 7.41. The van der Waals surface area contributed by atoms with Crippen LogP contribution in [0.5, 0.6) is 5.75 Å². The van der Waals surface area contributed by atoms with Crippen LogP contribution in [0, 0.1) is 0 Å². The van der Waals surface area contributed by atoms with E-state index in [0.717, 1.165) is 4.47 Å². The van der Waals surface area contributed by atoms with Crippen LogP contribution in [0.25, 0.3) is 0 Å². The summed E-state index contributed by atoms with van der Waals surface area (Å²) < 4.78 is 6.10. The average Bonchev–Trinajstić information content (AvgIpc) is 2.55. The number of hydrogen-bond acceptors (Lipinski definition) is 4. The first-order chi connectivity index (χ1) is 11.1. The second-order valence-electron chi connectivity index (χ2n) is 4.45. The highest BCUT2D eigenvalue weighted by Gasteiger charge is 2.10. The summed E-state index contributed by atoms with van der Waals surface area (Å²) in [5.41, 5.74) is 0.880. The SMILES string of the molecule is O=Cc1ccccc1OCC(=O)NC(=O)Nc1ccc(Br)cc1. The molecular weight excluding hydrogens is 364 g/mol. The molecule has 0 unspecified atom stereocenters. The number of aldehydes is 1. The summed E-state index contributed by atoms with van der Waals surface area (Å²) >= 11 is 3.28. The molecule has 3 amide bonds. The van der Waals surface area contributed by atoms with Crippen LogP contribution in [0.2, 0.25) is 0 Å². The van der Waals surface area contributed by atoms with Crippen LogP contribution in [0.1, 0.15) is 10.4 Å². The summed E-state index contributed by atoms with van der Waals surface area (Å²) in [5, 5.41) is 4.65. The predicted octanol–water partition coefficient (Wildman–Crippen LogP) is 2.99. The van der Waals surface area contributed by atoms with Crippen molar-refractivity contribution in [3.8, 4) is 5.75 Å². The van der Waals surface area contributed by atoms with Gasteiger partial charge in [0.05, 0.1) is 5.56 Å². The van der Waals surface area contributed by atoms with E-state index in [-0.39, 0.29) is 12.4 Å². The summed E-state index contributed by atoms with van der Waals surface area (Å²) in [4.78, 5) is 34.2. The van der Waals surface area contributed by atoms with Crippen LogP contribution >= 0.6 is 15.9 Å². The van der Waals surface area contributed by atoms with Crippen molar-refractivity contribution in [1.82, 2.24) is 5.32 Å². The van der Waals surface area contributed by atoms with Crippen LogP contribution in [0.4, 0.5) is 10.5 Å². The summed E-state index contributed by atoms with van der Waals surface area (Å²) in [6.45, 7) is -0.376. The van der Waals surface area contributed by atoms with Crippen LogP contribution in [-0.2, 0) is 4.79 Å². The average molecular weight is 377 g/mol. The Morgan fingerprint density at radius 2 is 1.78 bits per heavy atom. The molecule has 2 aromatic carbocycles. The lowest BCUT2D eigenvalue weighted by atomic mass is 10.2. The van der Waals surface area contributed by atoms with Gasteiger partial charge in [-0.05, 0) is 36.4 Å². The van der Waals surface area contributed by atoms with Crippen molar-refractivity contribution in [2.45, 2.75) is 0 Å². The number of imide groups is 1. The van der Waals surface area contributed by atoms with E-state index in [4.69, 9.17) is 4.74 Å². The summed E-state index contributed by atoms with van der Waals surface area (Å²) in [6, 6.07) is 12.7. The van der Waals surface area contributed by atoms with E-state index in [1.165, 1.54) is 0 Å². The molecule has 118 valence electrons. The standard InChI is InChI=1S/C16H13BrN2O4/c17-12-5-7-13(8-6-12)18-16(22)19-15(21)10-23-14-4-2-1-3-11(14)9-20/h1-9H,10H2,(H2,18,19,21,22). The molecule has 0 spiro atoms. The number of rotatable bonds is 5. The Hall–Kier alpha value is -2.67. The zero-order valence-corrected chi connectivity index (χ0v) is 13.5. The Morgan fingerprint density at radius 1 is 1.09 bits per heavy atom. The van der Waals surface area contributed by atoms with Crippen molar-refractivity contribution in [2.75, 3.05) is 11.9 Å². The minimum atomic E-state index is -0.662. The van der Waals surface area contributed by atoms with Crippen LogP contribution in [-0.4, -0.2) is 24.8 Å². The van der Waals surface area contributed by atoms with Gasteiger partial charge in [0.25, 0.3) is 5.91 Å². The van der Waals surface area contributed by atoms with Gasteiger partial charge in [-0.3, -0.25) is 14.9 Å². The highest BCUT2D eigenvalue weighted by molar-refractivity contribution is 9.10. The highest BCUT2D eigenvalue weighted by Crippen LogP contribution is 2.15. The normalized spacial score (nSPS) is 9.78. The number of carbonyl (C=O) groups excluding carboxylic acids is 3. The molecule has 0 atom stereocenters. The molecule has 0 fully saturated rings. The topological polar surface area (TPSA) is 84.5 Å². The van der Waals surface area contributed by atoms with Gasteiger partial charge >= 0.3 is 6.03 Å². The third-order valence-corrected chi connectivity index (χ3v) is 3.29. The molecule has 0 radical (unpaired) electrons. The molecule has 2 aromatic rings. The second-order valence-corrected chi connectivity index (χ2v) is 5.37. The predicted molar refractivity (Wildman–Crippen MR) is 88.6 cm³/mol. The molecule has 2 N–H and O–H groups in total. The fourth-order valence-corrected chi connectivity index (χ4v) is 1.98. The first kappa shape index (κ1) is 16.7. The van der Waals surface area contributed by atoms with Crippen LogP contribution < -0.4 is 15.4 Å². The number of para-hydroxylation sites is 1. The van der Waals surface area contributed by atoms with E-state index in [2.05, 4.69) is 26.6 Å². The molecule has 0 aliphatic heterocycles. The third-order valence-electron chi connectivity index (χ3n) is 2.76. The Bertz CT molecular complexity index is 716. The molecule has 0 aromatic heterocycles. The second kappa shape index (κ2) is 8.09. The van der Waals surface area contributed by atoms with E-state index >= 15 is 0 Å². The molecule has 7 heteroatoms. The van der Waals surface area contributed by atoms with Crippen molar-refractivity contribution in [2.24, 2.45) is 0 Å². The van der Waals surface area contributed by atoms with Gasteiger partial charge in [0, 0.05) is 10.2 Å². The number of carbonyl (C=O) groups is 3. The zero-order valence-electron chi connectivity index (χ0n) is 11.9. The quantitative estimate of drug-likeness (QED) is 0.785. The number of nitrogens with one attached hydrogen (secondary N) is 2. The first-order valence-electron chi connectivity index (χ1n) is 6.62. The molecule has 6 nitrogen and oxygen atoms in total. The molecule has 2 rings (SSSR count). The summed E-state index contributed by atoms with van der Waals surface area (Å²) in [7, 11) is 0. The zero-order chi connectivity index (χ0) is 16.7. The molecule has 0 aliphatic carbocycles. The lowest BCUT2D eigenvalue weighted by Crippen LogP contribution is -2.37. The molecule has 23 heavy (non-hydrogen) atoms. The highest BCUT2D eigenvalue weighted by atomic mass is 79.9. The Kier molecular flexibility index (Phi) is 5.87. The van der Waals surface area contributed by atoms with E-state index in [1.807, 2.05) is 0 Å². The molecule has 0 saturated heterocycles. The van der Waals surface area contributed by atoms with Crippen molar-refractivity contribution >= 4 is 39.8 Å². The lowest BCUT2D eigenvalue weighted by molar-refractivity contribution is -0.121. The maximum Gasteiger partial charge on any atom is 0.325 e. The monoisotopic (exact) mass is 376 g/mol. The van der Waals surface area contributed by atoms with Gasteiger partial charge in [-0.15, -0.1) is 0 Å². The van der Waals surface area contributed by atoms with Gasteiger partial charge in [0.1, 0.15) is 5.75 Å². The maximum absolute atomic E-state index is 11.7. The number of benzene rings is 2. The van der Waals surface area contributed by atoms with E-state index < -0.39 is 11.9 Å². The lowest BCUT2D eigenvalue weighted by Gasteiger charge is -2.09. The minimum absolute atomic E-state index is 0.283. The van der Waals surface area contributed by atoms with Gasteiger partial charge in [0.2, 0.25) is 0 Å². The van der Waals surface area contributed by atoms with Crippen molar-refractivity contribution in [3.05, 3.63) is 58.6 Å². The largest absolute Gasteiger partial charge is 0.483 e. The summed E-state index contributed by atoms with van der Waals surface area (Å²) in [6.07, 6.45) is 0.632. The van der Waals surface area contributed by atoms with Gasteiger partial charge in [-0.25, -0.2) is 4.79 Å².